The molecule has 106 valence electrons. The zero-order chi connectivity index (χ0) is 14.0. The van der Waals surface area contributed by atoms with E-state index in [2.05, 4.69) is 9.97 Å². The quantitative estimate of drug-likeness (QED) is 0.840. The highest BCUT2D eigenvalue weighted by Gasteiger charge is 2.39. The summed E-state index contributed by atoms with van der Waals surface area (Å²) >= 11 is 0. The minimum Gasteiger partial charge on any atom is -0.481 e. The smallest absolute Gasteiger partial charge is 0.310 e. The van der Waals surface area contributed by atoms with Crippen LogP contribution in [0.5, 0.6) is 0 Å². The Labute approximate surface area is 118 Å². The Bertz CT molecular complexity index is 577. The number of nitrogens with zero attached hydrogens (tertiary/aromatic N) is 1. The van der Waals surface area contributed by atoms with E-state index in [-0.39, 0.29) is 0 Å². The first-order valence-electron chi connectivity index (χ1n) is 7.37. The Morgan fingerprint density at radius 1 is 1.20 bits per heavy atom. The summed E-state index contributed by atoms with van der Waals surface area (Å²) in [5.41, 5.74) is 1.26. The Hall–Kier alpha value is -1.84. The molecule has 0 spiro atoms. The molecule has 4 heteroatoms. The zero-order valence-electron chi connectivity index (χ0n) is 11.6. The van der Waals surface area contributed by atoms with Crippen molar-refractivity contribution in [2.75, 3.05) is 0 Å². The number of hydrogen-bond acceptors (Lipinski definition) is 2. The molecule has 0 atom stereocenters. The van der Waals surface area contributed by atoms with Crippen LogP contribution in [0.3, 0.4) is 0 Å². The number of imidazole rings is 1. The molecular formula is C16H20N2O2. The molecule has 0 aliphatic heterocycles. The number of H-pyrrole nitrogens is 1. The van der Waals surface area contributed by atoms with E-state index in [0.29, 0.717) is 6.42 Å². The number of hydrogen-bond donors (Lipinski definition) is 2. The van der Waals surface area contributed by atoms with Crippen LogP contribution < -0.4 is 0 Å². The van der Waals surface area contributed by atoms with Crippen LogP contribution in [0.2, 0.25) is 0 Å². The average Bonchev–Trinajstić information content (AvgIpc) is 2.67. The van der Waals surface area contributed by atoms with Gasteiger partial charge in [0, 0.05) is 6.42 Å². The summed E-state index contributed by atoms with van der Waals surface area (Å²) < 4.78 is 0. The summed E-state index contributed by atoms with van der Waals surface area (Å²) in [6, 6.07) is 7.84. The molecule has 0 unspecified atom stereocenters. The van der Waals surface area contributed by atoms with Gasteiger partial charge in [-0.05, 0) is 25.0 Å². The van der Waals surface area contributed by atoms with Crippen molar-refractivity contribution in [3.05, 3.63) is 30.1 Å². The topological polar surface area (TPSA) is 66.0 Å². The predicted molar refractivity (Wildman–Crippen MR) is 77.6 cm³/mol. The number of benzene rings is 1. The molecule has 1 aromatic carbocycles. The summed E-state index contributed by atoms with van der Waals surface area (Å²) in [6.07, 6.45) is 6.35. The number of carbonyl (C=O) groups is 1. The standard InChI is InChI=1S/C16H20N2O2/c19-15(20)16(9-5-1-2-6-10-16)11-14-17-12-7-3-4-8-13(12)18-14/h3-4,7-8H,1-2,5-6,9-11H2,(H,17,18)(H,19,20). The second-order valence-corrected chi connectivity index (χ2v) is 5.88. The van der Waals surface area contributed by atoms with Crippen LogP contribution in [0, 0.1) is 5.41 Å². The second kappa shape index (κ2) is 5.27. The minimum atomic E-state index is -0.667. The molecular weight excluding hydrogens is 252 g/mol. The normalized spacial score (nSPS) is 18.8. The van der Waals surface area contributed by atoms with E-state index in [1.165, 1.54) is 0 Å². The van der Waals surface area contributed by atoms with Gasteiger partial charge < -0.3 is 10.1 Å². The Balaban J connectivity index is 1.90. The lowest BCUT2D eigenvalue weighted by molar-refractivity contribution is -0.150. The van der Waals surface area contributed by atoms with Crippen LogP contribution in [-0.4, -0.2) is 21.0 Å². The van der Waals surface area contributed by atoms with E-state index in [4.69, 9.17) is 0 Å². The van der Waals surface area contributed by atoms with E-state index in [9.17, 15) is 9.90 Å². The number of nitrogens with one attached hydrogen (secondary N) is 1. The number of aromatic nitrogens is 2. The molecule has 3 rings (SSSR count). The molecule has 0 saturated heterocycles. The SMILES string of the molecule is O=C(O)C1(Cc2nc3ccccc3[nH]2)CCCCCC1. The van der Waals surface area contributed by atoms with Crippen molar-refractivity contribution >= 4 is 17.0 Å². The van der Waals surface area contributed by atoms with Gasteiger partial charge in [0.05, 0.1) is 16.4 Å². The molecule has 1 aromatic heterocycles. The summed E-state index contributed by atoms with van der Waals surface area (Å²) in [6.45, 7) is 0. The Morgan fingerprint density at radius 2 is 1.90 bits per heavy atom. The van der Waals surface area contributed by atoms with Gasteiger partial charge in [-0.3, -0.25) is 4.79 Å². The number of para-hydroxylation sites is 2. The first-order valence-corrected chi connectivity index (χ1v) is 7.37. The fourth-order valence-corrected chi connectivity index (χ4v) is 3.28. The van der Waals surface area contributed by atoms with E-state index in [1.54, 1.807) is 0 Å². The highest BCUT2D eigenvalue weighted by molar-refractivity contribution is 5.77. The maximum Gasteiger partial charge on any atom is 0.310 e. The molecule has 0 bridgehead atoms. The molecule has 2 N–H and O–H groups in total. The Morgan fingerprint density at radius 3 is 2.55 bits per heavy atom. The molecule has 2 aromatic rings. The van der Waals surface area contributed by atoms with Crippen molar-refractivity contribution in [2.45, 2.75) is 44.9 Å². The predicted octanol–water partition coefficient (Wildman–Crippen LogP) is 3.53. The summed E-state index contributed by atoms with van der Waals surface area (Å²) in [4.78, 5) is 19.6. The van der Waals surface area contributed by atoms with Crippen LogP contribution in [0.1, 0.15) is 44.3 Å². The number of carboxylic acid groups (broad SMARTS) is 1. The van der Waals surface area contributed by atoms with Crippen molar-refractivity contribution < 1.29 is 9.90 Å². The number of rotatable bonds is 3. The molecule has 1 aliphatic rings. The van der Waals surface area contributed by atoms with Gasteiger partial charge in [-0.2, -0.15) is 0 Å². The molecule has 0 amide bonds. The maximum atomic E-state index is 11.8. The van der Waals surface area contributed by atoms with Crippen LogP contribution >= 0.6 is 0 Å². The van der Waals surface area contributed by atoms with Crippen molar-refractivity contribution in [3.8, 4) is 0 Å². The molecule has 1 saturated carbocycles. The molecule has 1 fully saturated rings. The number of fused-ring (bicyclic) bond motifs is 1. The fraction of sp³-hybridized carbons (Fsp3) is 0.500. The van der Waals surface area contributed by atoms with Crippen molar-refractivity contribution in [3.63, 3.8) is 0 Å². The second-order valence-electron chi connectivity index (χ2n) is 5.88. The molecule has 1 aliphatic carbocycles. The third kappa shape index (κ3) is 2.42. The van der Waals surface area contributed by atoms with Crippen molar-refractivity contribution in [1.29, 1.82) is 0 Å². The molecule has 20 heavy (non-hydrogen) atoms. The zero-order valence-corrected chi connectivity index (χ0v) is 11.6. The molecule has 1 heterocycles. The van der Waals surface area contributed by atoms with Gasteiger partial charge in [0.1, 0.15) is 5.82 Å². The van der Waals surface area contributed by atoms with Gasteiger partial charge in [0.25, 0.3) is 0 Å². The minimum absolute atomic E-state index is 0.511. The van der Waals surface area contributed by atoms with Crippen LogP contribution in [0.25, 0.3) is 11.0 Å². The van der Waals surface area contributed by atoms with Gasteiger partial charge in [-0.15, -0.1) is 0 Å². The van der Waals surface area contributed by atoms with Gasteiger partial charge >= 0.3 is 5.97 Å². The van der Waals surface area contributed by atoms with Crippen LogP contribution in [0.15, 0.2) is 24.3 Å². The number of aromatic amines is 1. The van der Waals surface area contributed by atoms with Gasteiger partial charge in [-0.1, -0.05) is 37.8 Å². The lowest BCUT2D eigenvalue weighted by Gasteiger charge is -2.26. The van der Waals surface area contributed by atoms with E-state index in [0.717, 1.165) is 55.4 Å². The summed E-state index contributed by atoms with van der Waals surface area (Å²) in [7, 11) is 0. The fourth-order valence-electron chi connectivity index (χ4n) is 3.28. The monoisotopic (exact) mass is 272 g/mol. The number of aliphatic carboxylic acids is 1. The first-order chi connectivity index (χ1) is 9.70. The third-order valence-electron chi connectivity index (χ3n) is 4.46. The highest BCUT2D eigenvalue weighted by atomic mass is 16.4. The largest absolute Gasteiger partial charge is 0.481 e. The summed E-state index contributed by atoms with van der Waals surface area (Å²) in [5, 5.41) is 9.71. The average molecular weight is 272 g/mol. The van der Waals surface area contributed by atoms with Gasteiger partial charge in [0.15, 0.2) is 0 Å². The highest BCUT2D eigenvalue weighted by Crippen LogP contribution is 2.38. The molecule has 4 nitrogen and oxygen atoms in total. The maximum absolute atomic E-state index is 11.8. The van der Waals surface area contributed by atoms with Crippen molar-refractivity contribution in [1.82, 2.24) is 9.97 Å². The van der Waals surface area contributed by atoms with Crippen LogP contribution in [0.4, 0.5) is 0 Å². The number of carboxylic acids is 1. The van der Waals surface area contributed by atoms with E-state index < -0.39 is 11.4 Å². The Kier molecular flexibility index (Phi) is 3.47. The van der Waals surface area contributed by atoms with Crippen LogP contribution in [-0.2, 0) is 11.2 Å². The molecule has 0 radical (unpaired) electrons. The summed E-state index contributed by atoms with van der Waals surface area (Å²) in [5.74, 6) is 0.135. The van der Waals surface area contributed by atoms with E-state index in [1.807, 2.05) is 24.3 Å². The third-order valence-corrected chi connectivity index (χ3v) is 4.46. The van der Waals surface area contributed by atoms with Crippen molar-refractivity contribution in [2.24, 2.45) is 5.41 Å². The first kappa shape index (κ1) is 13.2. The van der Waals surface area contributed by atoms with E-state index >= 15 is 0 Å². The lowest BCUT2D eigenvalue weighted by atomic mass is 9.77. The van der Waals surface area contributed by atoms with Gasteiger partial charge in [0.2, 0.25) is 0 Å². The lowest BCUT2D eigenvalue weighted by Crippen LogP contribution is -2.33. The van der Waals surface area contributed by atoms with Gasteiger partial charge in [-0.25, -0.2) is 4.98 Å².